The number of carbonyl (C=O) groups excluding carboxylic acids is 3. The molecule has 18 heavy (non-hydrogen) atoms. The predicted octanol–water partition coefficient (Wildman–Crippen LogP) is 1.92. The maximum atomic E-state index is 12.0. The first-order valence-electron chi connectivity index (χ1n) is 6.75. The smallest absolute Gasteiger partial charge is 0.230 e. The number of Topliss-reactive ketones (excluding diaryl/α,β-unsaturated/α-hetero) is 1. The first-order chi connectivity index (χ1) is 8.39. The molecule has 0 N–H and O–H groups in total. The Labute approximate surface area is 108 Å². The third-order valence-electron chi connectivity index (χ3n) is 3.99. The van der Waals surface area contributed by atoms with Gasteiger partial charge < -0.3 is 0 Å². The number of amides is 2. The van der Waals surface area contributed by atoms with Gasteiger partial charge in [-0.05, 0) is 18.3 Å². The third kappa shape index (κ3) is 2.79. The summed E-state index contributed by atoms with van der Waals surface area (Å²) in [5.74, 6) is -0.250. The van der Waals surface area contributed by atoms with Gasteiger partial charge in [-0.1, -0.05) is 26.7 Å². The van der Waals surface area contributed by atoms with Gasteiger partial charge >= 0.3 is 0 Å². The Morgan fingerprint density at radius 1 is 1.17 bits per heavy atom. The van der Waals surface area contributed by atoms with E-state index in [0.717, 1.165) is 25.7 Å². The van der Waals surface area contributed by atoms with Crippen LogP contribution in [0.15, 0.2) is 0 Å². The van der Waals surface area contributed by atoms with E-state index in [1.165, 1.54) is 4.90 Å². The van der Waals surface area contributed by atoms with Crippen molar-refractivity contribution in [3.05, 3.63) is 0 Å². The van der Waals surface area contributed by atoms with E-state index in [2.05, 4.69) is 0 Å². The average Bonchev–Trinajstić information content (AvgIpc) is 2.75. The van der Waals surface area contributed by atoms with E-state index in [1.807, 2.05) is 13.8 Å². The summed E-state index contributed by atoms with van der Waals surface area (Å²) in [6, 6.07) is 0. The number of hydrogen-bond acceptors (Lipinski definition) is 3. The molecule has 0 aromatic carbocycles. The number of likely N-dealkylation sites (tertiary alicyclic amines) is 1. The van der Waals surface area contributed by atoms with Crippen molar-refractivity contribution in [2.45, 2.75) is 52.4 Å². The summed E-state index contributed by atoms with van der Waals surface area (Å²) in [6.07, 6.45) is 4.73. The average molecular weight is 251 g/mol. The van der Waals surface area contributed by atoms with E-state index in [9.17, 15) is 14.4 Å². The SMILES string of the molecule is CC1(C)CC(=O)N(CC(=O)C2CCCC2)C(=O)C1. The van der Waals surface area contributed by atoms with Crippen molar-refractivity contribution in [2.75, 3.05) is 6.54 Å². The highest BCUT2D eigenvalue weighted by Gasteiger charge is 2.39. The van der Waals surface area contributed by atoms with Crippen molar-refractivity contribution in [3.63, 3.8) is 0 Å². The maximum Gasteiger partial charge on any atom is 0.230 e. The number of carbonyl (C=O) groups is 3. The van der Waals surface area contributed by atoms with E-state index in [-0.39, 0.29) is 35.5 Å². The van der Waals surface area contributed by atoms with Crippen LogP contribution in [0.25, 0.3) is 0 Å². The zero-order chi connectivity index (χ0) is 13.3. The number of hydrogen-bond donors (Lipinski definition) is 0. The molecule has 0 spiro atoms. The van der Waals surface area contributed by atoms with E-state index < -0.39 is 0 Å². The van der Waals surface area contributed by atoms with Gasteiger partial charge in [-0.25, -0.2) is 0 Å². The zero-order valence-corrected chi connectivity index (χ0v) is 11.2. The molecule has 0 unspecified atom stereocenters. The molecule has 0 atom stereocenters. The molecule has 0 radical (unpaired) electrons. The van der Waals surface area contributed by atoms with Crippen LogP contribution in [0.3, 0.4) is 0 Å². The molecule has 0 bridgehead atoms. The van der Waals surface area contributed by atoms with Crippen LogP contribution in [-0.2, 0) is 14.4 Å². The van der Waals surface area contributed by atoms with Crippen molar-refractivity contribution in [3.8, 4) is 0 Å². The predicted molar refractivity (Wildman–Crippen MR) is 66.7 cm³/mol. The van der Waals surface area contributed by atoms with Gasteiger partial charge in [-0.15, -0.1) is 0 Å². The number of rotatable bonds is 3. The Hall–Kier alpha value is -1.19. The second-order valence-electron chi connectivity index (χ2n) is 6.34. The van der Waals surface area contributed by atoms with Gasteiger partial charge in [0, 0.05) is 18.8 Å². The fourth-order valence-corrected chi connectivity index (χ4v) is 2.92. The molecule has 1 aliphatic heterocycles. The van der Waals surface area contributed by atoms with Crippen molar-refractivity contribution in [1.29, 1.82) is 0 Å². The molecular weight excluding hydrogens is 230 g/mol. The van der Waals surface area contributed by atoms with E-state index in [4.69, 9.17) is 0 Å². The fourth-order valence-electron chi connectivity index (χ4n) is 2.92. The van der Waals surface area contributed by atoms with Crippen molar-refractivity contribution in [1.82, 2.24) is 4.90 Å². The standard InChI is InChI=1S/C14H21NO3/c1-14(2)7-12(17)15(13(18)8-14)9-11(16)10-5-3-4-6-10/h10H,3-9H2,1-2H3. The molecule has 2 amide bonds. The van der Waals surface area contributed by atoms with Gasteiger partial charge in [0.2, 0.25) is 11.8 Å². The first-order valence-corrected chi connectivity index (χ1v) is 6.75. The van der Waals surface area contributed by atoms with Gasteiger partial charge in [0.05, 0.1) is 6.54 Å². The van der Waals surface area contributed by atoms with Crippen LogP contribution in [0, 0.1) is 11.3 Å². The monoisotopic (exact) mass is 251 g/mol. The van der Waals surface area contributed by atoms with E-state index in [1.54, 1.807) is 0 Å². The van der Waals surface area contributed by atoms with E-state index >= 15 is 0 Å². The lowest BCUT2D eigenvalue weighted by molar-refractivity contribution is -0.155. The van der Waals surface area contributed by atoms with Crippen LogP contribution in [-0.4, -0.2) is 29.0 Å². The normalized spacial score (nSPS) is 24.7. The highest BCUT2D eigenvalue weighted by molar-refractivity contribution is 6.02. The number of piperidine rings is 1. The number of imide groups is 1. The minimum Gasteiger partial charge on any atom is -0.297 e. The lowest BCUT2D eigenvalue weighted by atomic mass is 9.81. The Morgan fingerprint density at radius 3 is 2.17 bits per heavy atom. The van der Waals surface area contributed by atoms with Crippen LogP contribution < -0.4 is 0 Å². The largest absolute Gasteiger partial charge is 0.297 e. The minimum absolute atomic E-state index is 0.00157. The lowest BCUT2D eigenvalue weighted by Crippen LogP contribution is -2.48. The van der Waals surface area contributed by atoms with Gasteiger partial charge in [0.25, 0.3) is 0 Å². The Morgan fingerprint density at radius 2 is 1.67 bits per heavy atom. The van der Waals surface area contributed by atoms with Crippen molar-refractivity contribution >= 4 is 17.6 Å². The molecule has 1 heterocycles. The molecule has 0 aromatic heterocycles. The zero-order valence-electron chi connectivity index (χ0n) is 11.2. The fraction of sp³-hybridized carbons (Fsp3) is 0.786. The van der Waals surface area contributed by atoms with Crippen molar-refractivity contribution < 1.29 is 14.4 Å². The highest BCUT2D eigenvalue weighted by Crippen LogP contribution is 2.32. The minimum atomic E-state index is -0.263. The molecule has 1 aliphatic carbocycles. The molecule has 4 heteroatoms. The maximum absolute atomic E-state index is 12.0. The van der Waals surface area contributed by atoms with Gasteiger partial charge in [0.15, 0.2) is 5.78 Å². The first kappa shape index (κ1) is 13.2. The topological polar surface area (TPSA) is 54.5 Å². The second-order valence-corrected chi connectivity index (χ2v) is 6.34. The second kappa shape index (κ2) is 4.82. The highest BCUT2D eigenvalue weighted by atomic mass is 16.2. The summed E-state index contributed by atoms with van der Waals surface area (Å²) in [5, 5.41) is 0. The lowest BCUT2D eigenvalue weighted by Gasteiger charge is -2.34. The van der Waals surface area contributed by atoms with Crippen LogP contribution >= 0.6 is 0 Å². The Bertz CT molecular complexity index is 361. The summed E-state index contributed by atoms with van der Waals surface area (Å²) < 4.78 is 0. The van der Waals surface area contributed by atoms with Gasteiger partial charge in [-0.2, -0.15) is 0 Å². The Kier molecular flexibility index (Phi) is 3.55. The van der Waals surface area contributed by atoms with E-state index in [0.29, 0.717) is 12.8 Å². The van der Waals surface area contributed by atoms with Crippen molar-refractivity contribution in [2.24, 2.45) is 11.3 Å². The molecule has 4 nitrogen and oxygen atoms in total. The third-order valence-corrected chi connectivity index (χ3v) is 3.99. The van der Waals surface area contributed by atoms with Gasteiger partial charge in [0.1, 0.15) is 0 Å². The summed E-state index contributed by atoms with van der Waals surface area (Å²) in [6.45, 7) is 3.83. The Balaban J connectivity index is 1.98. The molecule has 0 aromatic rings. The van der Waals surface area contributed by atoms with Crippen LogP contribution in [0.2, 0.25) is 0 Å². The molecule has 2 fully saturated rings. The van der Waals surface area contributed by atoms with Gasteiger partial charge in [-0.3, -0.25) is 19.3 Å². The summed E-state index contributed by atoms with van der Waals surface area (Å²) >= 11 is 0. The number of nitrogens with zero attached hydrogens (tertiary/aromatic N) is 1. The summed E-state index contributed by atoms with van der Waals surface area (Å²) in [5.41, 5.74) is -0.263. The summed E-state index contributed by atoms with van der Waals surface area (Å²) in [7, 11) is 0. The quantitative estimate of drug-likeness (QED) is 0.720. The van der Waals surface area contributed by atoms with Crippen LogP contribution in [0.1, 0.15) is 52.4 Å². The molecule has 100 valence electrons. The molecule has 2 rings (SSSR count). The molecular formula is C14H21NO3. The van der Waals surface area contributed by atoms with Crippen LogP contribution in [0.4, 0.5) is 0 Å². The number of ketones is 1. The summed E-state index contributed by atoms with van der Waals surface area (Å²) in [4.78, 5) is 37.0. The molecule has 1 saturated heterocycles. The molecule has 1 saturated carbocycles. The molecule has 2 aliphatic rings. The van der Waals surface area contributed by atoms with Crippen LogP contribution in [0.5, 0.6) is 0 Å².